The Kier molecular flexibility index (Phi) is 4.73. The van der Waals surface area contributed by atoms with Gasteiger partial charge in [-0.3, -0.25) is 4.79 Å². The summed E-state index contributed by atoms with van der Waals surface area (Å²) in [5.41, 5.74) is 1.59. The highest BCUT2D eigenvalue weighted by atomic mass is 127. The highest BCUT2D eigenvalue weighted by Crippen LogP contribution is 2.22. The van der Waals surface area contributed by atoms with Crippen molar-refractivity contribution in [2.45, 2.75) is 6.61 Å². The summed E-state index contributed by atoms with van der Waals surface area (Å²) in [6.07, 6.45) is 0.782. The monoisotopic (exact) mass is 381 g/mol. The number of hydrogen-bond acceptors (Lipinski definition) is 4. The third-order valence-electron chi connectivity index (χ3n) is 2.68. The van der Waals surface area contributed by atoms with Crippen LogP contribution in [0.15, 0.2) is 42.5 Å². The lowest BCUT2D eigenvalue weighted by Crippen LogP contribution is -2.22. The zero-order valence-electron chi connectivity index (χ0n) is 10.3. The quantitative estimate of drug-likeness (QED) is 0.588. The Bertz CT molecular complexity index is 635. The highest BCUT2D eigenvalue weighted by Gasteiger charge is 2.03. The van der Waals surface area contributed by atoms with Crippen LogP contribution in [0.2, 0.25) is 0 Å². The van der Waals surface area contributed by atoms with Crippen LogP contribution in [-0.2, 0) is 6.61 Å². The van der Waals surface area contributed by atoms with Gasteiger partial charge in [0, 0.05) is 5.56 Å². The SMILES string of the molecule is O=Cc1ccc(OCc2ccc(C(=O)[O-])cc2)c(I)c1. The maximum atomic E-state index is 10.6. The normalized spacial score (nSPS) is 10.1. The fourth-order valence-electron chi connectivity index (χ4n) is 1.61. The van der Waals surface area contributed by atoms with Gasteiger partial charge in [0.05, 0.1) is 9.54 Å². The number of carbonyl (C=O) groups excluding carboxylic acids is 2. The summed E-state index contributed by atoms with van der Waals surface area (Å²) in [5.74, 6) is -0.517. The number of rotatable bonds is 5. The zero-order chi connectivity index (χ0) is 14.5. The number of aromatic carboxylic acids is 1. The predicted molar refractivity (Wildman–Crippen MR) is 79.7 cm³/mol. The van der Waals surface area contributed by atoms with Crippen LogP contribution in [0.5, 0.6) is 5.75 Å². The molecule has 0 N–H and O–H groups in total. The minimum atomic E-state index is -1.20. The summed E-state index contributed by atoms with van der Waals surface area (Å²) < 4.78 is 6.48. The molecule has 0 aliphatic rings. The van der Waals surface area contributed by atoms with Crippen LogP contribution in [0.4, 0.5) is 0 Å². The van der Waals surface area contributed by atoms with E-state index in [0.717, 1.165) is 15.4 Å². The van der Waals surface area contributed by atoms with E-state index in [1.807, 2.05) is 0 Å². The molecule has 2 rings (SSSR count). The molecule has 0 bridgehead atoms. The summed E-state index contributed by atoms with van der Waals surface area (Å²) >= 11 is 2.10. The van der Waals surface area contributed by atoms with E-state index in [9.17, 15) is 14.7 Å². The molecular weight excluding hydrogens is 371 g/mol. The molecule has 0 aliphatic heterocycles. The maximum Gasteiger partial charge on any atom is 0.150 e. The van der Waals surface area contributed by atoms with Crippen LogP contribution >= 0.6 is 22.6 Å². The van der Waals surface area contributed by atoms with E-state index in [-0.39, 0.29) is 5.56 Å². The predicted octanol–water partition coefficient (Wildman–Crippen LogP) is 2.05. The second kappa shape index (κ2) is 6.51. The van der Waals surface area contributed by atoms with Gasteiger partial charge >= 0.3 is 0 Å². The number of hydrogen-bond donors (Lipinski definition) is 0. The summed E-state index contributed by atoms with van der Waals surface area (Å²) in [6.45, 7) is 0.323. The number of carboxylic acids is 1. The zero-order valence-corrected chi connectivity index (χ0v) is 12.5. The Morgan fingerprint density at radius 2 is 1.90 bits per heavy atom. The number of carboxylic acid groups (broad SMARTS) is 1. The second-order valence-electron chi connectivity index (χ2n) is 4.08. The van der Waals surface area contributed by atoms with Crippen LogP contribution in [0.25, 0.3) is 0 Å². The Labute approximate surface area is 129 Å². The lowest BCUT2D eigenvalue weighted by molar-refractivity contribution is -0.255. The average Bonchev–Trinajstić information content (AvgIpc) is 2.46. The standard InChI is InChI=1S/C15H11IO4/c16-13-7-11(8-17)3-6-14(13)20-9-10-1-4-12(5-2-10)15(18)19/h1-8H,9H2,(H,18,19)/p-1. The van der Waals surface area contributed by atoms with Gasteiger partial charge in [0.2, 0.25) is 0 Å². The second-order valence-corrected chi connectivity index (χ2v) is 5.24. The first-order valence-electron chi connectivity index (χ1n) is 5.78. The smallest absolute Gasteiger partial charge is 0.150 e. The number of ether oxygens (including phenoxy) is 1. The average molecular weight is 381 g/mol. The molecule has 4 nitrogen and oxygen atoms in total. The lowest BCUT2D eigenvalue weighted by atomic mass is 10.1. The minimum Gasteiger partial charge on any atom is -0.545 e. The molecule has 0 radical (unpaired) electrons. The van der Waals surface area contributed by atoms with E-state index in [2.05, 4.69) is 22.6 Å². The van der Waals surface area contributed by atoms with E-state index >= 15 is 0 Å². The van der Waals surface area contributed by atoms with Crippen molar-refractivity contribution in [2.24, 2.45) is 0 Å². The van der Waals surface area contributed by atoms with Crippen molar-refractivity contribution in [3.63, 3.8) is 0 Å². The van der Waals surface area contributed by atoms with Gasteiger partial charge in [0.1, 0.15) is 18.6 Å². The molecule has 0 heterocycles. The van der Waals surface area contributed by atoms with Gasteiger partial charge in [0.25, 0.3) is 0 Å². The molecule has 5 heteroatoms. The van der Waals surface area contributed by atoms with Crippen molar-refractivity contribution in [1.82, 2.24) is 0 Å². The van der Waals surface area contributed by atoms with E-state index < -0.39 is 5.97 Å². The van der Waals surface area contributed by atoms with Crippen LogP contribution in [0.1, 0.15) is 26.3 Å². The van der Waals surface area contributed by atoms with Gasteiger partial charge in [-0.05, 0) is 51.9 Å². The van der Waals surface area contributed by atoms with Gasteiger partial charge in [-0.25, -0.2) is 0 Å². The molecule has 0 atom stereocenters. The molecule has 0 saturated carbocycles. The minimum absolute atomic E-state index is 0.138. The Hall–Kier alpha value is -1.89. The van der Waals surface area contributed by atoms with Gasteiger partial charge < -0.3 is 14.6 Å². The molecule has 2 aromatic rings. The fourth-order valence-corrected chi connectivity index (χ4v) is 2.30. The van der Waals surface area contributed by atoms with Crippen LogP contribution in [-0.4, -0.2) is 12.3 Å². The highest BCUT2D eigenvalue weighted by molar-refractivity contribution is 14.1. The van der Waals surface area contributed by atoms with Crippen molar-refractivity contribution in [1.29, 1.82) is 0 Å². The first-order valence-corrected chi connectivity index (χ1v) is 6.86. The van der Waals surface area contributed by atoms with E-state index in [4.69, 9.17) is 4.74 Å². The molecule has 0 fully saturated rings. The fraction of sp³-hybridized carbons (Fsp3) is 0.0667. The van der Waals surface area contributed by atoms with Crippen molar-refractivity contribution < 1.29 is 19.4 Å². The van der Waals surface area contributed by atoms with E-state index in [0.29, 0.717) is 17.9 Å². The van der Waals surface area contributed by atoms with Gasteiger partial charge in [-0.2, -0.15) is 0 Å². The van der Waals surface area contributed by atoms with Gasteiger partial charge in [0.15, 0.2) is 0 Å². The molecule has 0 spiro atoms. The van der Waals surface area contributed by atoms with Crippen molar-refractivity contribution in [2.75, 3.05) is 0 Å². The Balaban J connectivity index is 2.05. The van der Waals surface area contributed by atoms with Crippen molar-refractivity contribution >= 4 is 34.8 Å². The van der Waals surface area contributed by atoms with Gasteiger partial charge in [-0.15, -0.1) is 0 Å². The number of benzene rings is 2. The molecule has 2 aromatic carbocycles. The molecule has 20 heavy (non-hydrogen) atoms. The number of halogens is 1. The summed E-state index contributed by atoms with van der Waals surface area (Å²) in [7, 11) is 0. The molecule has 0 unspecified atom stereocenters. The molecular formula is C15H10IO4-. The molecule has 0 aromatic heterocycles. The lowest BCUT2D eigenvalue weighted by Gasteiger charge is -2.09. The van der Waals surface area contributed by atoms with E-state index in [1.165, 1.54) is 12.1 Å². The number of aldehydes is 1. The van der Waals surface area contributed by atoms with Crippen LogP contribution < -0.4 is 9.84 Å². The number of carbonyl (C=O) groups is 2. The first-order chi connectivity index (χ1) is 9.60. The first kappa shape index (κ1) is 14.5. The summed E-state index contributed by atoms with van der Waals surface area (Å²) in [6, 6.07) is 11.5. The van der Waals surface area contributed by atoms with Crippen molar-refractivity contribution in [3.05, 3.63) is 62.7 Å². The molecule has 0 aliphatic carbocycles. The molecule has 0 saturated heterocycles. The van der Waals surface area contributed by atoms with Gasteiger partial charge in [-0.1, -0.05) is 24.3 Å². The third-order valence-corrected chi connectivity index (χ3v) is 3.52. The third kappa shape index (κ3) is 3.57. The van der Waals surface area contributed by atoms with Crippen molar-refractivity contribution in [3.8, 4) is 5.75 Å². The summed E-state index contributed by atoms with van der Waals surface area (Å²) in [4.78, 5) is 21.3. The molecule has 102 valence electrons. The molecule has 0 amide bonds. The van der Waals surface area contributed by atoms with Crippen LogP contribution in [0.3, 0.4) is 0 Å². The maximum absolute atomic E-state index is 10.6. The largest absolute Gasteiger partial charge is 0.545 e. The van der Waals surface area contributed by atoms with E-state index in [1.54, 1.807) is 30.3 Å². The van der Waals surface area contributed by atoms with Crippen LogP contribution in [0, 0.1) is 3.57 Å². The Morgan fingerprint density at radius 3 is 2.45 bits per heavy atom. The summed E-state index contributed by atoms with van der Waals surface area (Å²) in [5, 5.41) is 10.6. The Morgan fingerprint density at radius 1 is 1.20 bits per heavy atom. The topological polar surface area (TPSA) is 66.4 Å².